The SMILES string of the molecule is CCC(CCO)NCC(=O)Nc1ccccc1. The van der Waals surface area contributed by atoms with Gasteiger partial charge in [0.15, 0.2) is 0 Å². The molecule has 4 nitrogen and oxygen atoms in total. The Hall–Kier alpha value is -1.39. The van der Waals surface area contributed by atoms with E-state index >= 15 is 0 Å². The molecule has 1 rings (SSSR count). The van der Waals surface area contributed by atoms with Crippen LogP contribution < -0.4 is 10.6 Å². The molecule has 0 heterocycles. The molecule has 4 heteroatoms. The number of carbonyl (C=O) groups excluding carboxylic acids is 1. The molecule has 3 N–H and O–H groups in total. The number of amides is 1. The van der Waals surface area contributed by atoms with Crippen LogP contribution in [0, 0.1) is 0 Å². The summed E-state index contributed by atoms with van der Waals surface area (Å²) < 4.78 is 0. The lowest BCUT2D eigenvalue weighted by Crippen LogP contribution is -2.36. The average Bonchev–Trinajstić information content (AvgIpc) is 2.35. The van der Waals surface area contributed by atoms with E-state index in [9.17, 15) is 4.79 Å². The molecule has 0 saturated carbocycles. The Morgan fingerprint density at radius 2 is 2.06 bits per heavy atom. The third-order valence-electron chi connectivity index (χ3n) is 2.58. The smallest absolute Gasteiger partial charge is 0.238 e. The molecule has 1 aromatic carbocycles. The molecule has 0 spiro atoms. The molecular weight excluding hydrogens is 216 g/mol. The second-order valence-electron chi connectivity index (χ2n) is 3.91. The lowest BCUT2D eigenvalue weighted by molar-refractivity contribution is -0.115. The monoisotopic (exact) mass is 236 g/mol. The van der Waals surface area contributed by atoms with Crippen molar-refractivity contribution in [3.63, 3.8) is 0 Å². The van der Waals surface area contributed by atoms with E-state index in [4.69, 9.17) is 5.11 Å². The lowest BCUT2D eigenvalue weighted by atomic mass is 10.1. The second kappa shape index (κ2) is 7.81. The van der Waals surface area contributed by atoms with Gasteiger partial charge in [0, 0.05) is 18.3 Å². The predicted molar refractivity (Wildman–Crippen MR) is 68.9 cm³/mol. The Kier molecular flexibility index (Phi) is 6.29. The van der Waals surface area contributed by atoms with Crippen LogP contribution in [0.3, 0.4) is 0 Å². The summed E-state index contributed by atoms with van der Waals surface area (Å²) >= 11 is 0. The van der Waals surface area contributed by atoms with E-state index in [1.807, 2.05) is 37.3 Å². The minimum absolute atomic E-state index is 0.0624. The maximum atomic E-state index is 11.6. The van der Waals surface area contributed by atoms with Gasteiger partial charge in [-0.25, -0.2) is 0 Å². The number of hydrogen-bond donors (Lipinski definition) is 3. The Morgan fingerprint density at radius 3 is 2.65 bits per heavy atom. The van der Waals surface area contributed by atoms with Crippen molar-refractivity contribution >= 4 is 11.6 Å². The molecule has 0 fully saturated rings. The Bertz CT molecular complexity index is 327. The number of para-hydroxylation sites is 1. The molecule has 1 atom stereocenters. The standard InChI is InChI=1S/C13H20N2O2/c1-2-11(8-9-16)14-10-13(17)15-12-6-4-3-5-7-12/h3-7,11,14,16H,2,8-10H2,1H3,(H,15,17). The summed E-state index contributed by atoms with van der Waals surface area (Å²) in [7, 11) is 0. The first-order valence-electron chi connectivity index (χ1n) is 5.95. The zero-order valence-corrected chi connectivity index (χ0v) is 10.1. The van der Waals surface area contributed by atoms with E-state index in [0.29, 0.717) is 6.42 Å². The van der Waals surface area contributed by atoms with Crippen molar-refractivity contribution in [2.75, 3.05) is 18.5 Å². The van der Waals surface area contributed by atoms with Gasteiger partial charge in [0.1, 0.15) is 0 Å². The van der Waals surface area contributed by atoms with E-state index in [1.54, 1.807) is 0 Å². The molecular formula is C13H20N2O2. The molecule has 17 heavy (non-hydrogen) atoms. The van der Waals surface area contributed by atoms with E-state index in [2.05, 4.69) is 10.6 Å². The molecule has 0 aliphatic carbocycles. The van der Waals surface area contributed by atoms with Crippen LogP contribution in [0.25, 0.3) is 0 Å². The highest BCUT2D eigenvalue weighted by Crippen LogP contribution is 2.04. The Labute approximate surface area is 102 Å². The third-order valence-corrected chi connectivity index (χ3v) is 2.58. The van der Waals surface area contributed by atoms with Crippen LogP contribution in [0.4, 0.5) is 5.69 Å². The number of anilines is 1. The highest BCUT2D eigenvalue weighted by atomic mass is 16.3. The first-order chi connectivity index (χ1) is 8.26. The number of hydrogen-bond acceptors (Lipinski definition) is 3. The van der Waals surface area contributed by atoms with Crippen molar-refractivity contribution in [1.29, 1.82) is 0 Å². The molecule has 0 aliphatic rings. The molecule has 0 radical (unpaired) electrons. The van der Waals surface area contributed by atoms with Gasteiger partial charge in [-0.3, -0.25) is 4.79 Å². The Morgan fingerprint density at radius 1 is 1.35 bits per heavy atom. The first-order valence-corrected chi connectivity index (χ1v) is 5.95. The number of rotatable bonds is 7. The van der Waals surface area contributed by atoms with Gasteiger partial charge in [-0.15, -0.1) is 0 Å². The molecule has 0 saturated heterocycles. The van der Waals surface area contributed by atoms with Crippen LogP contribution in [0.1, 0.15) is 19.8 Å². The predicted octanol–water partition coefficient (Wildman–Crippen LogP) is 1.38. The highest BCUT2D eigenvalue weighted by Gasteiger charge is 2.07. The van der Waals surface area contributed by atoms with Crippen LogP contribution >= 0.6 is 0 Å². The maximum absolute atomic E-state index is 11.6. The van der Waals surface area contributed by atoms with Crippen LogP contribution in [-0.2, 0) is 4.79 Å². The Balaban J connectivity index is 2.30. The van der Waals surface area contributed by atoms with Gasteiger partial charge in [0.25, 0.3) is 0 Å². The molecule has 0 bridgehead atoms. The van der Waals surface area contributed by atoms with E-state index < -0.39 is 0 Å². The summed E-state index contributed by atoms with van der Waals surface area (Å²) in [4.78, 5) is 11.6. The van der Waals surface area contributed by atoms with Crippen molar-refractivity contribution in [3.8, 4) is 0 Å². The van der Waals surface area contributed by atoms with Crippen LogP contribution in [0.2, 0.25) is 0 Å². The fraction of sp³-hybridized carbons (Fsp3) is 0.462. The van der Waals surface area contributed by atoms with E-state index in [0.717, 1.165) is 12.1 Å². The number of nitrogens with one attached hydrogen (secondary N) is 2. The molecule has 1 amide bonds. The van der Waals surface area contributed by atoms with Gasteiger partial charge >= 0.3 is 0 Å². The van der Waals surface area contributed by atoms with Crippen LogP contribution in [-0.4, -0.2) is 30.2 Å². The summed E-state index contributed by atoms with van der Waals surface area (Å²) in [5, 5.41) is 14.7. The first kappa shape index (κ1) is 13.7. The fourth-order valence-electron chi connectivity index (χ4n) is 1.57. The number of carbonyl (C=O) groups is 1. The van der Waals surface area contributed by atoms with Gasteiger partial charge in [0.2, 0.25) is 5.91 Å². The van der Waals surface area contributed by atoms with Gasteiger partial charge in [-0.05, 0) is 25.0 Å². The summed E-state index contributed by atoms with van der Waals surface area (Å²) in [6.45, 7) is 2.45. The van der Waals surface area contributed by atoms with Gasteiger partial charge in [0.05, 0.1) is 6.54 Å². The third kappa shape index (κ3) is 5.47. The number of aliphatic hydroxyl groups excluding tert-OH is 1. The largest absolute Gasteiger partial charge is 0.396 e. The minimum atomic E-state index is -0.0624. The highest BCUT2D eigenvalue weighted by molar-refractivity contribution is 5.92. The van der Waals surface area contributed by atoms with Crippen molar-refractivity contribution in [3.05, 3.63) is 30.3 Å². The van der Waals surface area contributed by atoms with Gasteiger partial charge in [-0.1, -0.05) is 25.1 Å². The van der Waals surface area contributed by atoms with Gasteiger partial charge in [-0.2, -0.15) is 0 Å². The summed E-state index contributed by atoms with van der Waals surface area (Å²) in [6, 6.07) is 9.56. The topological polar surface area (TPSA) is 61.4 Å². The summed E-state index contributed by atoms with van der Waals surface area (Å²) in [5.41, 5.74) is 0.800. The van der Waals surface area contributed by atoms with Crippen LogP contribution in [0.15, 0.2) is 30.3 Å². The molecule has 94 valence electrons. The molecule has 0 aromatic heterocycles. The van der Waals surface area contributed by atoms with Crippen molar-refractivity contribution in [2.24, 2.45) is 0 Å². The van der Waals surface area contributed by atoms with Crippen LogP contribution in [0.5, 0.6) is 0 Å². The molecule has 1 unspecified atom stereocenters. The zero-order chi connectivity index (χ0) is 12.5. The van der Waals surface area contributed by atoms with Crippen molar-refractivity contribution in [2.45, 2.75) is 25.8 Å². The molecule has 0 aliphatic heterocycles. The average molecular weight is 236 g/mol. The summed E-state index contributed by atoms with van der Waals surface area (Å²) in [6.07, 6.45) is 1.58. The number of benzene rings is 1. The van der Waals surface area contributed by atoms with E-state index in [-0.39, 0.29) is 25.1 Å². The lowest BCUT2D eigenvalue weighted by Gasteiger charge is -2.15. The fourth-order valence-corrected chi connectivity index (χ4v) is 1.57. The minimum Gasteiger partial charge on any atom is -0.396 e. The van der Waals surface area contributed by atoms with Gasteiger partial charge < -0.3 is 15.7 Å². The molecule has 1 aromatic rings. The number of aliphatic hydroxyl groups is 1. The van der Waals surface area contributed by atoms with E-state index in [1.165, 1.54) is 0 Å². The zero-order valence-electron chi connectivity index (χ0n) is 10.1. The second-order valence-corrected chi connectivity index (χ2v) is 3.91. The maximum Gasteiger partial charge on any atom is 0.238 e. The van der Waals surface area contributed by atoms with Crippen molar-refractivity contribution < 1.29 is 9.90 Å². The normalized spacial score (nSPS) is 12.1. The van der Waals surface area contributed by atoms with Crippen molar-refractivity contribution in [1.82, 2.24) is 5.32 Å². The quantitative estimate of drug-likeness (QED) is 0.670. The summed E-state index contributed by atoms with van der Waals surface area (Å²) in [5.74, 6) is -0.0624.